The molecule has 0 aliphatic rings. The summed E-state index contributed by atoms with van der Waals surface area (Å²) in [5.41, 5.74) is 1.78. The summed E-state index contributed by atoms with van der Waals surface area (Å²) >= 11 is 12.0. The summed E-state index contributed by atoms with van der Waals surface area (Å²) in [4.78, 5) is 25.7. The normalized spacial score (nSPS) is 11.2. The van der Waals surface area contributed by atoms with Crippen LogP contribution in [0.4, 0.5) is 10.1 Å². The Balaban J connectivity index is 1.68. The standard InChI is InChI=1S/C25H16Cl2FNO3/c1-14-6-7-16(12-20(14)28)24(31)25-23(18-4-2-3-5-21(18)32-25)29-22(30)11-9-15-8-10-17(26)13-19(15)27/h2-13H,1H3,(H,29,30)/b11-9+. The molecule has 0 radical (unpaired) electrons. The molecule has 0 saturated heterocycles. The van der Waals surface area contributed by atoms with Gasteiger partial charge in [0.1, 0.15) is 11.4 Å². The number of anilines is 1. The van der Waals surface area contributed by atoms with Crippen molar-refractivity contribution in [3.8, 4) is 0 Å². The maximum Gasteiger partial charge on any atom is 0.248 e. The van der Waals surface area contributed by atoms with E-state index in [0.29, 0.717) is 32.1 Å². The first-order valence-corrected chi connectivity index (χ1v) is 10.4. The highest BCUT2D eigenvalue weighted by Gasteiger charge is 2.23. The van der Waals surface area contributed by atoms with Crippen LogP contribution in [0.25, 0.3) is 17.0 Å². The molecule has 32 heavy (non-hydrogen) atoms. The van der Waals surface area contributed by atoms with E-state index in [1.165, 1.54) is 24.3 Å². The summed E-state index contributed by atoms with van der Waals surface area (Å²) in [5, 5.41) is 4.14. The molecule has 1 aromatic heterocycles. The average molecular weight is 468 g/mol. The smallest absolute Gasteiger partial charge is 0.248 e. The number of para-hydroxylation sites is 1. The summed E-state index contributed by atoms with van der Waals surface area (Å²) in [5.74, 6) is -1.62. The lowest BCUT2D eigenvalue weighted by Crippen LogP contribution is -2.11. The number of rotatable bonds is 5. The number of aryl methyl sites for hydroxylation is 1. The molecule has 160 valence electrons. The number of amides is 1. The maximum atomic E-state index is 14.0. The number of ketones is 1. The van der Waals surface area contributed by atoms with E-state index >= 15 is 0 Å². The molecule has 0 atom stereocenters. The van der Waals surface area contributed by atoms with E-state index in [9.17, 15) is 14.0 Å². The molecule has 4 nitrogen and oxygen atoms in total. The fraction of sp³-hybridized carbons (Fsp3) is 0.0400. The minimum Gasteiger partial charge on any atom is -0.450 e. The number of furan rings is 1. The fourth-order valence-corrected chi connectivity index (χ4v) is 3.63. The van der Waals surface area contributed by atoms with Crippen molar-refractivity contribution in [2.75, 3.05) is 5.32 Å². The van der Waals surface area contributed by atoms with Gasteiger partial charge in [-0.2, -0.15) is 0 Å². The van der Waals surface area contributed by atoms with Crippen molar-refractivity contribution >= 4 is 57.6 Å². The lowest BCUT2D eigenvalue weighted by atomic mass is 10.0. The first-order chi connectivity index (χ1) is 15.3. The van der Waals surface area contributed by atoms with Gasteiger partial charge < -0.3 is 9.73 Å². The average Bonchev–Trinajstić information content (AvgIpc) is 3.13. The third kappa shape index (κ3) is 4.44. The molecule has 4 rings (SSSR count). The molecule has 0 aliphatic heterocycles. The van der Waals surface area contributed by atoms with E-state index in [-0.39, 0.29) is 17.0 Å². The van der Waals surface area contributed by atoms with Crippen LogP contribution in [0.15, 0.2) is 71.2 Å². The predicted octanol–water partition coefficient (Wildman–Crippen LogP) is 7.07. The molecule has 4 aromatic rings. The van der Waals surface area contributed by atoms with Crippen LogP contribution < -0.4 is 5.32 Å². The SMILES string of the molecule is Cc1ccc(C(=O)c2oc3ccccc3c2NC(=O)/C=C/c2ccc(Cl)cc2Cl)cc1F. The van der Waals surface area contributed by atoms with Gasteiger partial charge in [0.25, 0.3) is 0 Å². The summed E-state index contributed by atoms with van der Waals surface area (Å²) in [6, 6.07) is 16.0. The highest BCUT2D eigenvalue weighted by Crippen LogP contribution is 2.33. The van der Waals surface area contributed by atoms with Gasteiger partial charge >= 0.3 is 0 Å². The molecule has 0 unspecified atom stereocenters. The lowest BCUT2D eigenvalue weighted by molar-refractivity contribution is -0.111. The van der Waals surface area contributed by atoms with Crippen molar-refractivity contribution in [1.82, 2.24) is 0 Å². The van der Waals surface area contributed by atoms with Gasteiger partial charge in [0.2, 0.25) is 11.7 Å². The van der Waals surface area contributed by atoms with Gasteiger partial charge in [0, 0.05) is 27.1 Å². The topological polar surface area (TPSA) is 59.3 Å². The minimum absolute atomic E-state index is 0.0827. The Morgan fingerprint density at radius 2 is 1.81 bits per heavy atom. The monoisotopic (exact) mass is 467 g/mol. The van der Waals surface area contributed by atoms with Crippen LogP contribution >= 0.6 is 23.2 Å². The zero-order chi connectivity index (χ0) is 22.8. The molecule has 1 amide bonds. The molecule has 7 heteroatoms. The van der Waals surface area contributed by atoms with Gasteiger partial charge in [-0.25, -0.2) is 4.39 Å². The lowest BCUT2D eigenvalue weighted by Gasteiger charge is -2.05. The molecule has 0 aliphatic carbocycles. The summed E-state index contributed by atoms with van der Waals surface area (Å²) in [7, 11) is 0. The van der Waals surface area contributed by atoms with Crippen LogP contribution in [0, 0.1) is 12.7 Å². The van der Waals surface area contributed by atoms with Crippen LogP contribution in [0.1, 0.15) is 27.2 Å². The Bertz CT molecular complexity index is 1390. The van der Waals surface area contributed by atoms with Crippen LogP contribution in [-0.4, -0.2) is 11.7 Å². The summed E-state index contributed by atoms with van der Waals surface area (Å²) in [6.45, 7) is 1.61. The van der Waals surface area contributed by atoms with Gasteiger partial charge in [-0.1, -0.05) is 53.5 Å². The number of fused-ring (bicyclic) bond motifs is 1. The van der Waals surface area contributed by atoms with Gasteiger partial charge in [0.15, 0.2) is 5.76 Å². The number of carbonyl (C=O) groups is 2. The Kier molecular flexibility index (Phi) is 6.12. The van der Waals surface area contributed by atoms with Crippen molar-refractivity contribution in [1.29, 1.82) is 0 Å². The molecular formula is C25H16Cl2FNO3. The Labute approximate surface area is 193 Å². The van der Waals surface area contributed by atoms with Crippen molar-refractivity contribution in [3.05, 3.63) is 105 Å². The third-order valence-corrected chi connectivity index (χ3v) is 5.42. The van der Waals surface area contributed by atoms with Crippen LogP contribution in [0.2, 0.25) is 10.0 Å². The van der Waals surface area contributed by atoms with E-state index in [1.807, 2.05) is 0 Å². The van der Waals surface area contributed by atoms with Crippen molar-refractivity contribution in [2.45, 2.75) is 6.92 Å². The third-order valence-electron chi connectivity index (χ3n) is 4.86. The first-order valence-electron chi connectivity index (χ1n) is 9.60. The number of carbonyl (C=O) groups excluding carboxylic acids is 2. The number of halogens is 3. The largest absolute Gasteiger partial charge is 0.450 e. The number of hydrogen-bond donors (Lipinski definition) is 1. The first kappa shape index (κ1) is 21.8. The molecule has 0 saturated carbocycles. The minimum atomic E-state index is -0.542. The van der Waals surface area contributed by atoms with Gasteiger partial charge in [0.05, 0.1) is 5.69 Å². The molecule has 1 N–H and O–H groups in total. The van der Waals surface area contributed by atoms with E-state index in [4.69, 9.17) is 27.6 Å². The van der Waals surface area contributed by atoms with Gasteiger partial charge in [-0.3, -0.25) is 9.59 Å². The molecule has 1 heterocycles. The second kappa shape index (κ2) is 8.99. The van der Waals surface area contributed by atoms with E-state index in [2.05, 4.69) is 5.32 Å². The van der Waals surface area contributed by atoms with Crippen molar-refractivity contribution in [2.24, 2.45) is 0 Å². The van der Waals surface area contributed by atoms with Crippen molar-refractivity contribution < 1.29 is 18.4 Å². The van der Waals surface area contributed by atoms with E-state index in [0.717, 1.165) is 6.07 Å². The Morgan fingerprint density at radius 1 is 1.03 bits per heavy atom. The summed E-state index contributed by atoms with van der Waals surface area (Å²) < 4.78 is 19.7. The summed E-state index contributed by atoms with van der Waals surface area (Å²) in [6.07, 6.45) is 2.82. The zero-order valence-electron chi connectivity index (χ0n) is 16.8. The predicted molar refractivity (Wildman–Crippen MR) is 125 cm³/mol. The Hall–Kier alpha value is -3.41. The van der Waals surface area contributed by atoms with E-state index in [1.54, 1.807) is 49.4 Å². The highest BCUT2D eigenvalue weighted by atomic mass is 35.5. The van der Waals surface area contributed by atoms with E-state index < -0.39 is 17.5 Å². The molecule has 0 fully saturated rings. The molecule has 3 aromatic carbocycles. The second-order valence-electron chi connectivity index (χ2n) is 7.08. The number of benzene rings is 3. The molecule has 0 bridgehead atoms. The molecule has 0 spiro atoms. The van der Waals surface area contributed by atoms with Gasteiger partial charge in [-0.05, 0) is 54.5 Å². The van der Waals surface area contributed by atoms with Gasteiger partial charge in [-0.15, -0.1) is 0 Å². The van der Waals surface area contributed by atoms with Crippen LogP contribution in [0.5, 0.6) is 0 Å². The van der Waals surface area contributed by atoms with Crippen molar-refractivity contribution in [3.63, 3.8) is 0 Å². The highest BCUT2D eigenvalue weighted by molar-refractivity contribution is 6.35. The zero-order valence-corrected chi connectivity index (χ0v) is 18.3. The quantitative estimate of drug-likeness (QED) is 0.252. The maximum absolute atomic E-state index is 14.0. The second-order valence-corrected chi connectivity index (χ2v) is 7.93. The number of nitrogens with one attached hydrogen (secondary N) is 1. The Morgan fingerprint density at radius 3 is 2.56 bits per heavy atom. The molecular weight excluding hydrogens is 452 g/mol. The fourth-order valence-electron chi connectivity index (χ4n) is 3.16. The van der Waals surface area contributed by atoms with Crippen LogP contribution in [-0.2, 0) is 4.79 Å². The van der Waals surface area contributed by atoms with Crippen LogP contribution in [0.3, 0.4) is 0 Å². The number of hydrogen-bond acceptors (Lipinski definition) is 3.